The second-order valence-corrected chi connectivity index (χ2v) is 4.54. The molecule has 8 nitrogen and oxygen atoms in total. The second kappa shape index (κ2) is 5.44. The number of aromatic nitrogens is 2. The molecule has 2 heterocycles. The van der Waals surface area contributed by atoms with Crippen LogP contribution >= 0.6 is 0 Å². The Bertz CT molecular complexity index is 593. The van der Waals surface area contributed by atoms with Crippen LogP contribution in [0.5, 0.6) is 0 Å². The molecule has 2 rings (SSSR count). The molecule has 1 fully saturated rings. The summed E-state index contributed by atoms with van der Waals surface area (Å²) in [6, 6.07) is 0. The van der Waals surface area contributed by atoms with Crippen molar-refractivity contribution in [3.8, 4) is 0 Å². The van der Waals surface area contributed by atoms with Gasteiger partial charge in [-0.1, -0.05) is 0 Å². The Hall–Kier alpha value is -1.55. The maximum Gasteiger partial charge on any atom is 0.330 e. The monoisotopic (exact) mass is 290 g/mol. The van der Waals surface area contributed by atoms with E-state index in [2.05, 4.69) is 9.93 Å². The summed E-state index contributed by atoms with van der Waals surface area (Å²) in [5.41, 5.74) is -0.916. The lowest BCUT2D eigenvalue weighted by Crippen LogP contribution is -2.45. The van der Waals surface area contributed by atoms with Gasteiger partial charge in [-0.3, -0.25) is 14.3 Å². The second-order valence-electron chi connectivity index (χ2n) is 4.54. The van der Waals surface area contributed by atoms with Crippen LogP contribution < -0.4 is 11.2 Å². The molecule has 1 unspecified atom stereocenters. The minimum absolute atomic E-state index is 0.0592. The molecule has 1 aliphatic heterocycles. The maximum absolute atomic E-state index is 12.6. The van der Waals surface area contributed by atoms with Crippen molar-refractivity contribution in [1.29, 1.82) is 0 Å². The van der Waals surface area contributed by atoms with Crippen LogP contribution in [0.1, 0.15) is 18.2 Å². The minimum Gasteiger partial charge on any atom is -0.391 e. The lowest BCUT2D eigenvalue weighted by Gasteiger charge is -2.28. The van der Waals surface area contributed by atoms with Gasteiger partial charge in [-0.25, -0.2) is 4.79 Å². The summed E-state index contributed by atoms with van der Waals surface area (Å²) in [4.78, 5) is 28.9. The Morgan fingerprint density at radius 1 is 1.65 bits per heavy atom. The van der Waals surface area contributed by atoms with Gasteiger partial charge in [-0.15, -0.1) is 0 Å². The highest BCUT2D eigenvalue weighted by Crippen LogP contribution is 2.38. The summed E-state index contributed by atoms with van der Waals surface area (Å²) in [7, 11) is 1.23. The standard InChI is InChI=1S/C11H15FN2O6/c1-6-4-14(10(17)13-9(6)16)8-3-7(20-12)11(5-15,18-2)19-8/h4,7-8,15H,3,5H2,1-2H3,(H,13,16,17)/t7?,8-,11-/m1/s1. The summed E-state index contributed by atoms with van der Waals surface area (Å²) in [6.45, 7) is 0.869. The van der Waals surface area contributed by atoms with Crippen LogP contribution in [0, 0.1) is 6.92 Å². The van der Waals surface area contributed by atoms with E-state index in [0.717, 1.165) is 4.57 Å². The SMILES string of the molecule is CO[C@]1(CO)O[C@@H](n2cc(C)c(=O)[nH]c2=O)CC1OF. The van der Waals surface area contributed by atoms with Crippen molar-refractivity contribution in [1.82, 2.24) is 9.55 Å². The normalized spacial score (nSPS) is 29.8. The molecule has 0 spiro atoms. The van der Waals surface area contributed by atoms with E-state index in [9.17, 15) is 19.2 Å². The molecule has 0 saturated carbocycles. The number of nitrogens with one attached hydrogen (secondary N) is 1. The number of methoxy groups -OCH3 is 1. The molecule has 0 aliphatic carbocycles. The average molecular weight is 290 g/mol. The zero-order chi connectivity index (χ0) is 14.9. The molecule has 0 radical (unpaired) electrons. The van der Waals surface area contributed by atoms with Crippen molar-refractivity contribution in [2.24, 2.45) is 0 Å². The van der Waals surface area contributed by atoms with E-state index in [1.807, 2.05) is 0 Å². The fraction of sp³-hybridized carbons (Fsp3) is 0.636. The van der Waals surface area contributed by atoms with Gasteiger partial charge in [0.15, 0.2) is 6.10 Å². The molecule has 1 aliphatic rings. The van der Waals surface area contributed by atoms with E-state index >= 15 is 0 Å². The molecule has 1 aromatic heterocycles. The predicted octanol–water partition coefficient (Wildman–Crippen LogP) is -0.631. The third-order valence-corrected chi connectivity index (χ3v) is 3.37. The zero-order valence-electron chi connectivity index (χ0n) is 11.0. The lowest BCUT2D eigenvalue weighted by molar-refractivity contribution is -0.314. The van der Waals surface area contributed by atoms with Crippen molar-refractivity contribution < 1.29 is 24.0 Å². The maximum atomic E-state index is 12.6. The Balaban J connectivity index is 2.39. The van der Waals surface area contributed by atoms with Crippen molar-refractivity contribution in [2.75, 3.05) is 13.7 Å². The Labute approximate surface area is 112 Å². The van der Waals surface area contributed by atoms with Crippen LogP contribution in [-0.2, 0) is 14.4 Å². The number of aliphatic hydroxyl groups is 1. The topological polar surface area (TPSA) is 103 Å². The summed E-state index contributed by atoms with van der Waals surface area (Å²) in [6.07, 6.45) is -0.881. The Morgan fingerprint density at radius 2 is 2.35 bits per heavy atom. The fourth-order valence-electron chi connectivity index (χ4n) is 2.17. The van der Waals surface area contributed by atoms with Gasteiger partial charge in [0, 0.05) is 25.3 Å². The largest absolute Gasteiger partial charge is 0.391 e. The lowest BCUT2D eigenvalue weighted by atomic mass is 10.1. The average Bonchev–Trinajstić information content (AvgIpc) is 2.82. The molecule has 0 amide bonds. The number of rotatable bonds is 4. The molecule has 112 valence electrons. The fourth-order valence-corrected chi connectivity index (χ4v) is 2.17. The molecular weight excluding hydrogens is 275 g/mol. The van der Waals surface area contributed by atoms with Crippen molar-refractivity contribution in [3.63, 3.8) is 0 Å². The Kier molecular flexibility index (Phi) is 4.04. The van der Waals surface area contributed by atoms with E-state index in [0.29, 0.717) is 5.56 Å². The van der Waals surface area contributed by atoms with Gasteiger partial charge in [0.05, 0.1) is 0 Å². The Morgan fingerprint density at radius 3 is 2.85 bits per heavy atom. The highest BCUT2D eigenvalue weighted by atomic mass is 19.3. The zero-order valence-corrected chi connectivity index (χ0v) is 11.0. The van der Waals surface area contributed by atoms with Gasteiger partial charge in [-0.2, -0.15) is 4.94 Å². The number of H-pyrrole nitrogens is 1. The third-order valence-electron chi connectivity index (χ3n) is 3.37. The van der Waals surface area contributed by atoms with E-state index < -0.39 is 36.0 Å². The first-order valence-corrected chi connectivity index (χ1v) is 5.90. The molecule has 2 N–H and O–H groups in total. The molecular formula is C11H15FN2O6. The van der Waals surface area contributed by atoms with E-state index in [-0.39, 0.29) is 6.42 Å². The highest BCUT2D eigenvalue weighted by Gasteiger charge is 2.52. The number of ether oxygens (including phenoxy) is 2. The van der Waals surface area contributed by atoms with Gasteiger partial charge < -0.3 is 14.6 Å². The molecule has 1 saturated heterocycles. The molecule has 0 aromatic carbocycles. The predicted molar refractivity (Wildman–Crippen MR) is 63.6 cm³/mol. The molecule has 0 bridgehead atoms. The van der Waals surface area contributed by atoms with Crippen LogP contribution in [0.2, 0.25) is 0 Å². The first-order chi connectivity index (χ1) is 9.47. The van der Waals surface area contributed by atoms with Gasteiger partial charge in [-0.05, 0) is 11.4 Å². The quantitative estimate of drug-likeness (QED) is 0.765. The van der Waals surface area contributed by atoms with Gasteiger partial charge in [0.25, 0.3) is 5.56 Å². The number of hydrogen-bond donors (Lipinski definition) is 2. The number of halogens is 1. The third kappa shape index (κ3) is 2.29. The van der Waals surface area contributed by atoms with Crippen molar-refractivity contribution >= 4 is 0 Å². The number of aryl methyl sites for hydroxylation is 1. The van der Waals surface area contributed by atoms with Crippen LogP contribution in [0.15, 0.2) is 15.8 Å². The number of aromatic amines is 1. The number of aliphatic hydroxyl groups excluding tert-OH is 1. The van der Waals surface area contributed by atoms with Gasteiger partial charge in [0.2, 0.25) is 5.79 Å². The van der Waals surface area contributed by atoms with Crippen molar-refractivity contribution in [2.45, 2.75) is 31.5 Å². The highest BCUT2D eigenvalue weighted by molar-refractivity contribution is 5.02. The van der Waals surface area contributed by atoms with E-state index in [4.69, 9.17) is 9.47 Å². The molecule has 20 heavy (non-hydrogen) atoms. The molecule has 1 aromatic rings. The summed E-state index contributed by atoms with van der Waals surface area (Å²) < 4.78 is 24.1. The minimum atomic E-state index is -1.69. The van der Waals surface area contributed by atoms with Crippen molar-refractivity contribution in [3.05, 3.63) is 32.6 Å². The first-order valence-electron chi connectivity index (χ1n) is 5.90. The first kappa shape index (κ1) is 14.9. The van der Waals surface area contributed by atoms with Crippen LogP contribution in [-0.4, -0.2) is 40.3 Å². The molecule has 3 atom stereocenters. The van der Waals surface area contributed by atoms with Crippen LogP contribution in [0.4, 0.5) is 4.53 Å². The van der Waals surface area contributed by atoms with E-state index in [1.54, 1.807) is 0 Å². The van der Waals surface area contributed by atoms with Crippen LogP contribution in [0.25, 0.3) is 0 Å². The number of hydrogen-bond acceptors (Lipinski definition) is 6. The summed E-state index contributed by atoms with van der Waals surface area (Å²) >= 11 is 0. The van der Waals surface area contributed by atoms with Gasteiger partial charge >= 0.3 is 5.69 Å². The van der Waals surface area contributed by atoms with Crippen LogP contribution in [0.3, 0.4) is 0 Å². The smallest absolute Gasteiger partial charge is 0.330 e. The summed E-state index contributed by atoms with van der Waals surface area (Å²) in [5, 5.41) is 9.31. The summed E-state index contributed by atoms with van der Waals surface area (Å²) in [5.74, 6) is -1.69. The van der Waals surface area contributed by atoms with E-state index in [1.165, 1.54) is 20.2 Å². The molecule has 9 heteroatoms. The number of nitrogens with zero attached hydrogens (tertiary/aromatic N) is 1. The van der Waals surface area contributed by atoms with Gasteiger partial charge in [0.1, 0.15) is 12.8 Å².